The van der Waals surface area contributed by atoms with Crippen molar-refractivity contribution in [1.29, 1.82) is 0 Å². The Morgan fingerprint density at radius 1 is 1.14 bits per heavy atom. The molecule has 0 saturated carbocycles. The summed E-state index contributed by atoms with van der Waals surface area (Å²) in [6.45, 7) is 1.97. The zero-order valence-electron chi connectivity index (χ0n) is 20.4. The summed E-state index contributed by atoms with van der Waals surface area (Å²) in [5.41, 5.74) is 2.25. The molecule has 0 aliphatic carbocycles. The van der Waals surface area contributed by atoms with Crippen LogP contribution in [0.2, 0.25) is 0 Å². The minimum atomic E-state index is -4.59. The van der Waals surface area contributed by atoms with E-state index in [1.807, 2.05) is 43.3 Å². The van der Waals surface area contributed by atoms with Crippen molar-refractivity contribution >= 4 is 28.7 Å². The highest BCUT2D eigenvalue weighted by atomic mass is 19.4. The maximum atomic E-state index is 14.0. The number of hydrogen-bond donors (Lipinski definition) is 1. The van der Waals surface area contributed by atoms with Gasteiger partial charge in [0.15, 0.2) is 0 Å². The minimum Gasteiger partial charge on any atom is -0.378 e. The Labute approximate surface area is 211 Å². The fraction of sp³-hybridized carbons (Fsp3) is 0.360. The number of ether oxygens (including phenoxy) is 1. The van der Waals surface area contributed by atoms with E-state index in [4.69, 9.17) is 4.74 Å². The van der Waals surface area contributed by atoms with Gasteiger partial charge in [-0.05, 0) is 43.9 Å². The van der Waals surface area contributed by atoms with E-state index in [2.05, 4.69) is 20.6 Å². The smallest absolute Gasteiger partial charge is 0.378 e. The zero-order valence-corrected chi connectivity index (χ0v) is 20.4. The second-order valence-corrected chi connectivity index (χ2v) is 9.19. The summed E-state index contributed by atoms with van der Waals surface area (Å²) >= 11 is 0. The minimum absolute atomic E-state index is 0.0264. The number of halogens is 3. The molecule has 1 aromatic heterocycles. The predicted octanol–water partition coefficient (Wildman–Crippen LogP) is 3.65. The molecule has 2 aliphatic heterocycles. The van der Waals surface area contributed by atoms with E-state index in [-0.39, 0.29) is 23.5 Å². The summed E-state index contributed by atoms with van der Waals surface area (Å²) in [5, 5.41) is 10.8. The van der Waals surface area contributed by atoms with Crippen molar-refractivity contribution in [2.24, 2.45) is 4.99 Å². The Morgan fingerprint density at radius 2 is 1.92 bits per heavy atom. The molecule has 0 unspecified atom stereocenters. The fourth-order valence-electron chi connectivity index (χ4n) is 4.48. The van der Waals surface area contributed by atoms with E-state index in [9.17, 15) is 18.0 Å². The molecule has 37 heavy (non-hydrogen) atoms. The molecule has 194 valence electrons. The molecule has 2 aliphatic rings. The largest absolute Gasteiger partial charge is 0.418 e. The van der Waals surface area contributed by atoms with Gasteiger partial charge in [0.1, 0.15) is 0 Å². The number of hydrogen-bond acceptors (Lipinski definition) is 7. The first-order valence-electron chi connectivity index (χ1n) is 11.8. The number of aromatic nitrogens is 3. The second kappa shape index (κ2) is 9.94. The van der Waals surface area contributed by atoms with Crippen molar-refractivity contribution in [3.8, 4) is 5.69 Å². The number of rotatable bonds is 5. The number of fused-ring (bicyclic) bond motifs is 1. The van der Waals surface area contributed by atoms with Crippen LogP contribution in [0.4, 0.5) is 30.2 Å². The number of alkyl halides is 3. The molecule has 2 aromatic carbocycles. The van der Waals surface area contributed by atoms with Crippen LogP contribution in [0.1, 0.15) is 23.2 Å². The zero-order chi connectivity index (χ0) is 26.2. The van der Waals surface area contributed by atoms with Gasteiger partial charge in [-0.25, -0.2) is 4.68 Å². The summed E-state index contributed by atoms with van der Waals surface area (Å²) in [4.78, 5) is 21.1. The quantitative estimate of drug-likeness (QED) is 0.561. The summed E-state index contributed by atoms with van der Waals surface area (Å²) in [7, 11) is 3.89. The number of morpholine rings is 1. The van der Waals surface area contributed by atoms with Gasteiger partial charge in [-0.15, -0.1) is 5.10 Å². The topological polar surface area (TPSA) is 87.9 Å². The van der Waals surface area contributed by atoms with Gasteiger partial charge < -0.3 is 19.9 Å². The first-order valence-corrected chi connectivity index (χ1v) is 11.8. The third-order valence-corrected chi connectivity index (χ3v) is 6.15. The number of nitrogens with one attached hydrogen (secondary N) is 1. The van der Waals surface area contributed by atoms with Crippen molar-refractivity contribution in [3.05, 3.63) is 59.4 Å². The van der Waals surface area contributed by atoms with E-state index in [1.54, 1.807) is 15.8 Å². The fourth-order valence-corrected chi connectivity index (χ4v) is 4.48. The molecule has 1 amide bonds. The third kappa shape index (κ3) is 5.35. The predicted molar refractivity (Wildman–Crippen MR) is 133 cm³/mol. The van der Waals surface area contributed by atoms with Crippen LogP contribution < -0.4 is 10.2 Å². The van der Waals surface area contributed by atoms with Crippen molar-refractivity contribution in [2.45, 2.75) is 19.1 Å². The van der Waals surface area contributed by atoms with Gasteiger partial charge in [0.25, 0.3) is 0 Å². The van der Waals surface area contributed by atoms with Gasteiger partial charge >= 0.3 is 6.18 Å². The molecule has 12 heteroatoms. The lowest BCUT2D eigenvalue weighted by molar-refractivity contribution is -0.137. The molecule has 0 spiro atoms. The summed E-state index contributed by atoms with van der Waals surface area (Å²) in [5.74, 6) is -0.441. The molecular formula is C25H26F3N7O2. The molecule has 0 bridgehead atoms. The first kappa shape index (κ1) is 24.9. The molecular weight excluding hydrogens is 487 g/mol. The van der Waals surface area contributed by atoms with E-state index < -0.39 is 17.6 Å². The van der Waals surface area contributed by atoms with Gasteiger partial charge in [0.2, 0.25) is 5.91 Å². The number of carbonyl (C=O) groups excluding carboxylic acids is 1. The highest BCUT2D eigenvalue weighted by Gasteiger charge is 2.37. The van der Waals surface area contributed by atoms with Crippen LogP contribution in [-0.2, 0) is 22.3 Å². The highest BCUT2D eigenvalue weighted by molar-refractivity contribution is 6.17. The monoisotopic (exact) mass is 513 g/mol. The third-order valence-electron chi connectivity index (χ3n) is 6.15. The SMILES string of the molecule is CN(C)Cc1cnnn1-c1cccc(C2=Nc3cc(N4CCOCC4)c(C(F)(F)F)cc3NC(=O)C2)c1. The average Bonchev–Trinajstić information content (AvgIpc) is 3.24. The highest BCUT2D eigenvalue weighted by Crippen LogP contribution is 2.43. The van der Waals surface area contributed by atoms with Gasteiger partial charge in [0.05, 0.1) is 65.6 Å². The molecule has 1 N–H and O–H groups in total. The van der Waals surface area contributed by atoms with Gasteiger partial charge in [-0.3, -0.25) is 9.79 Å². The lowest BCUT2D eigenvalue weighted by atomic mass is 10.1. The lowest BCUT2D eigenvalue weighted by Crippen LogP contribution is -2.37. The van der Waals surface area contributed by atoms with Gasteiger partial charge in [0, 0.05) is 19.6 Å². The molecule has 3 aromatic rings. The standard InChI is InChI=1S/C25H26F3N7O2/c1-33(2)15-18-14-29-32-35(18)17-5-3-4-16(10-17)20-13-24(36)31-21-11-19(25(26,27)28)23(12-22(21)30-20)34-6-8-37-9-7-34/h3-5,10-12,14H,6-9,13,15H2,1-2H3,(H,31,36). The van der Waals surface area contributed by atoms with E-state index >= 15 is 0 Å². The number of nitrogens with zero attached hydrogens (tertiary/aromatic N) is 6. The van der Waals surface area contributed by atoms with Crippen LogP contribution in [0.3, 0.4) is 0 Å². The second-order valence-electron chi connectivity index (χ2n) is 9.19. The van der Waals surface area contributed by atoms with Crippen LogP contribution in [0.25, 0.3) is 5.69 Å². The molecule has 1 fully saturated rings. The number of aliphatic imine (C=N–C) groups is 1. The molecule has 5 rings (SSSR count). The lowest BCUT2D eigenvalue weighted by Gasteiger charge is -2.31. The molecule has 0 atom stereocenters. The maximum absolute atomic E-state index is 14.0. The normalized spacial score (nSPS) is 16.3. The maximum Gasteiger partial charge on any atom is 0.418 e. The summed E-state index contributed by atoms with van der Waals surface area (Å²) in [6, 6.07) is 9.74. The Bertz CT molecular complexity index is 1340. The van der Waals surface area contributed by atoms with Crippen molar-refractivity contribution in [1.82, 2.24) is 19.9 Å². The van der Waals surface area contributed by atoms with Crippen LogP contribution in [0.15, 0.2) is 47.6 Å². The van der Waals surface area contributed by atoms with Crippen LogP contribution in [0.5, 0.6) is 0 Å². The van der Waals surface area contributed by atoms with E-state index in [1.165, 1.54) is 6.07 Å². The molecule has 0 radical (unpaired) electrons. The Balaban J connectivity index is 1.58. The number of carbonyl (C=O) groups is 1. The van der Waals surface area contributed by atoms with E-state index in [0.29, 0.717) is 44.1 Å². The summed E-state index contributed by atoms with van der Waals surface area (Å²) in [6.07, 6.45) is -3.00. The number of anilines is 2. The molecule has 1 saturated heterocycles. The van der Waals surface area contributed by atoms with Crippen LogP contribution >= 0.6 is 0 Å². The van der Waals surface area contributed by atoms with Crippen LogP contribution in [-0.4, -0.2) is 71.9 Å². The van der Waals surface area contributed by atoms with E-state index in [0.717, 1.165) is 17.4 Å². The Hall–Kier alpha value is -3.77. The Kier molecular flexibility index (Phi) is 6.69. The van der Waals surface area contributed by atoms with Crippen molar-refractivity contribution in [2.75, 3.05) is 50.6 Å². The molecule has 3 heterocycles. The molecule has 9 nitrogen and oxygen atoms in total. The number of amides is 1. The number of benzene rings is 2. The first-order chi connectivity index (χ1) is 17.7. The van der Waals surface area contributed by atoms with Crippen molar-refractivity contribution in [3.63, 3.8) is 0 Å². The van der Waals surface area contributed by atoms with Gasteiger partial charge in [-0.1, -0.05) is 17.3 Å². The Morgan fingerprint density at radius 3 is 2.65 bits per heavy atom. The van der Waals surface area contributed by atoms with Gasteiger partial charge in [-0.2, -0.15) is 13.2 Å². The van der Waals surface area contributed by atoms with Crippen molar-refractivity contribution < 1.29 is 22.7 Å². The van der Waals surface area contributed by atoms with Crippen LogP contribution in [0, 0.1) is 0 Å². The summed E-state index contributed by atoms with van der Waals surface area (Å²) < 4.78 is 49.0. The average molecular weight is 514 g/mol.